The summed E-state index contributed by atoms with van der Waals surface area (Å²) in [4.78, 5) is 23.1. The first-order valence-electron chi connectivity index (χ1n) is 6.43. The minimum Gasteiger partial charge on any atom is -0.469 e. The van der Waals surface area contributed by atoms with Crippen LogP contribution in [0.25, 0.3) is 0 Å². The minimum atomic E-state index is -0.526. The van der Waals surface area contributed by atoms with E-state index in [0.717, 1.165) is 6.42 Å². The van der Waals surface area contributed by atoms with Crippen LogP contribution in [0.15, 0.2) is 0 Å². The SMILES string of the molecule is CCC(C)(C)C(=O)OCCCC(C)(C)C(=O)OC. The molecule has 0 aromatic rings. The van der Waals surface area contributed by atoms with Gasteiger partial charge in [0.05, 0.1) is 24.5 Å². The molecule has 0 saturated carbocycles. The van der Waals surface area contributed by atoms with Crippen LogP contribution in [0.1, 0.15) is 53.9 Å². The first-order chi connectivity index (χ1) is 8.17. The first kappa shape index (κ1) is 16.9. The van der Waals surface area contributed by atoms with Gasteiger partial charge in [-0.1, -0.05) is 6.92 Å². The van der Waals surface area contributed by atoms with E-state index in [4.69, 9.17) is 9.47 Å². The fourth-order valence-electron chi connectivity index (χ4n) is 1.40. The van der Waals surface area contributed by atoms with E-state index in [0.29, 0.717) is 19.4 Å². The third-order valence-corrected chi connectivity index (χ3v) is 3.35. The standard InChI is InChI=1S/C14H26O4/c1-7-13(2,3)12(16)18-10-8-9-14(4,5)11(15)17-6/h7-10H2,1-6H3. The highest BCUT2D eigenvalue weighted by Crippen LogP contribution is 2.25. The molecule has 0 rings (SSSR count). The Bertz CT molecular complexity index is 292. The van der Waals surface area contributed by atoms with Gasteiger partial charge in [0.1, 0.15) is 0 Å². The van der Waals surface area contributed by atoms with Crippen molar-refractivity contribution in [2.45, 2.75) is 53.9 Å². The lowest BCUT2D eigenvalue weighted by Gasteiger charge is -2.23. The van der Waals surface area contributed by atoms with Crippen molar-refractivity contribution in [3.05, 3.63) is 0 Å². The molecule has 0 aromatic carbocycles. The average Bonchev–Trinajstić information content (AvgIpc) is 2.32. The maximum atomic E-state index is 11.7. The maximum absolute atomic E-state index is 11.7. The fraction of sp³-hybridized carbons (Fsp3) is 0.857. The van der Waals surface area contributed by atoms with Gasteiger partial charge in [0.25, 0.3) is 0 Å². The van der Waals surface area contributed by atoms with Crippen LogP contribution in [0.3, 0.4) is 0 Å². The van der Waals surface area contributed by atoms with Crippen molar-refractivity contribution >= 4 is 11.9 Å². The Labute approximate surface area is 110 Å². The van der Waals surface area contributed by atoms with Crippen molar-refractivity contribution in [3.8, 4) is 0 Å². The molecule has 0 aromatic heterocycles. The van der Waals surface area contributed by atoms with Crippen LogP contribution < -0.4 is 0 Å². The second kappa shape index (κ2) is 6.76. The van der Waals surface area contributed by atoms with E-state index in [1.165, 1.54) is 7.11 Å². The molecule has 106 valence electrons. The van der Waals surface area contributed by atoms with E-state index in [-0.39, 0.29) is 11.9 Å². The summed E-state index contributed by atoms with van der Waals surface area (Å²) >= 11 is 0. The molecule has 0 amide bonds. The topological polar surface area (TPSA) is 52.6 Å². The molecule has 0 atom stereocenters. The van der Waals surface area contributed by atoms with E-state index in [2.05, 4.69) is 0 Å². The molecule has 0 N–H and O–H groups in total. The Morgan fingerprint density at radius 3 is 2.00 bits per heavy atom. The van der Waals surface area contributed by atoms with Crippen LogP contribution in [0.5, 0.6) is 0 Å². The van der Waals surface area contributed by atoms with Crippen molar-refractivity contribution in [1.29, 1.82) is 0 Å². The van der Waals surface area contributed by atoms with Gasteiger partial charge in [0.2, 0.25) is 0 Å². The summed E-state index contributed by atoms with van der Waals surface area (Å²) in [7, 11) is 1.38. The zero-order valence-electron chi connectivity index (χ0n) is 12.5. The molecule has 0 unspecified atom stereocenters. The van der Waals surface area contributed by atoms with Crippen LogP contribution >= 0.6 is 0 Å². The van der Waals surface area contributed by atoms with Crippen molar-refractivity contribution < 1.29 is 19.1 Å². The Hall–Kier alpha value is -1.06. The second-order valence-corrected chi connectivity index (χ2v) is 5.85. The lowest BCUT2D eigenvalue weighted by atomic mass is 9.88. The van der Waals surface area contributed by atoms with Crippen molar-refractivity contribution in [2.75, 3.05) is 13.7 Å². The summed E-state index contributed by atoms with van der Waals surface area (Å²) in [6.45, 7) is 9.71. The number of rotatable bonds is 7. The Morgan fingerprint density at radius 2 is 1.56 bits per heavy atom. The van der Waals surface area contributed by atoms with Crippen LogP contribution in [-0.4, -0.2) is 25.7 Å². The van der Waals surface area contributed by atoms with Gasteiger partial charge in [-0.2, -0.15) is 0 Å². The Morgan fingerprint density at radius 1 is 1.00 bits per heavy atom. The Kier molecular flexibility index (Phi) is 6.36. The van der Waals surface area contributed by atoms with Crippen molar-refractivity contribution in [1.82, 2.24) is 0 Å². The molecule has 0 radical (unpaired) electrons. The molecule has 0 aliphatic heterocycles. The van der Waals surface area contributed by atoms with Gasteiger partial charge in [-0.15, -0.1) is 0 Å². The van der Waals surface area contributed by atoms with Gasteiger partial charge < -0.3 is 9.47 Å². The molecule has 0 aliphatic rings. The largest absolute Gasteiger partial charge is 0.469 e. The smallest absolute Gasteiger partial charge is 0.311 e. The second-order valence-electron chi connectivity index (χ2n) is 5.85. The third-order valence-electron chi connectivity index (χ3n) is 3.35. The van der Waals surface area contributed by atoms with E-state index in [9.17, 15) is 9.59 Å². The molecule has 0 saturated heterocycles. The third kappa shape index (κ3) is 5.07. The van der Waals surface area contributed by atoms with Gasteiger partial charge in [-0.25, -0.2) is 0 Å². The Balaban J connectivity index is 4.01. The van der Waals surface area contributed by atoms with E-state index in [1.54, 1.807) is 0 Å². The number of carbonyl (C=O) groups excluding carboxylic acids is 2. The molecule has 0 heterocycles. The maximum Gasteiger partial charge on any atom is 0.311 e. The monoisotopic (exact) mass is 258 g/mol. The summed E-state index contributed by atoms with van der Waals surface area (Å²) in [6.07, 6.45) is 2.05. The van der Waals surface area contributed by atoms with Gasteiger partial charge in [0.15, 0.2) is 0 Å². The highest BCUT2D eigenvalue weighted by atomic mass is 16.5. The lowest BCUT2D eigenvalue weighted by Crippen LogP contribution is -2.28. The molecule has 0 spiro atoms. The summed E-state index contributed by atoms with van der Waals surface area (Å²) < 4.78 is 9.93. The highest BCUT2D eigenvalue weighted by molar-refractivity contribution is 5.76. The van der Waals surface area contributed by atoms with Crippen LogP contribution in [0.4, 0.5) is 0 Å². The molecule has 4 nitrogen and oxygen atoms in total. The average molecular weight is 258 g/mol. The molecule has 0 fully saturated rings. The van der Waals surface area contributed by atoms with Crippen molar-refractivity contribution in [2.24, 2.45) is 10.8 Å². The van der Waals surface area contributed by atoms with Crippen LogP contribution in [-0.2, 0) is 19.1 Å². The summed E-state index contributed by atoms with van der Waals surface area (Å²) in [5.74, 6) is -0.413. The number of ether oxygens (including phenoxy) is 2. The predicted molar refractivity (Wildman–Crippen MR) is 70.1 cm³/mol. The fourth-order valence-corrected chi connectivity index (χ4v) is 1.40. The van der Waals surface area contributed by atoms with Gasteiger partial charge in [-0.3, -0.25) is 9.59 Å². The molecule has 4 heteroatoms. The summed E-state index contributed by atoms with van der Waals surface area (Å²) in [5, 5.41) is 0. The number of methoxy groups -OCH3 is 1. The van der Waals surface area contributed by atoms with Gasteiger partial charge in [0, 0.05) is 0 Å². The number of carbonyl (C=O) groups is 2. The molecular weight excluding hydrogens is 232 g/mol. The lowest BCUT2D eigenvalue weighted by molar-refractivity contribution is -0.154. The molecule has 0 aliphatic carbocycles. The van der Waals surface area contributed by atoms with Crippen molar-refractivity contribution in [3.63, 3.8) is 0 Å². The summed E-state index contributed by atoms with van der Waals surface area (Å²) in [5.41, 5.74) is -0.959. The van der Waals surface area contributed by atoms with Crippen LogP contribution in [0.2, 0.25) is 0 Å². The first-order valence-corrected chi connectivity index (χ1v) is 6.43. The number of hydrogen-bond donors (Lipinski definition) is 0. The van der Waals surface area contributed by atoms with E-state index >= 15 is 0 Å². The normalized spacial score (nSPS) is 12.1. The van der Waals surface area contributed by atoms with Gasteiger partial charge >= 0.3 is 11.9 Å². The highest BCUT2D eigenvalue weighted by Gasteiger charge is 2.29. The zero-order valence-corrected chi connectivity index (χ0v) is 12.5. The van der Waals surface area contributed by atoms with Crippen LogP contribution in [0, 0.1) is 10.8 Å². The number of esters is 2. The molecule has 0 bridgehead atoms. The predicted octanol–water partition coefficient (Wildman–Crippen LogP) is 2.95. The van der Waals surface area contributed by atoms with Gasteiger partial charge in [-0.05, 0) is 47.0 Å². The number of hydrogen-bond acceptors (Lipinski definition) is 4. The molecule has 18 heavy (non-hydrogen) atoms. The quantitative estimate of drug-likeness (QED) is 0.520. The van der Waals surface area contributed by atoms with E-state index in [1.807, 2.05) is 34.6 Å². The minimum absolute atomic E-state index is 0.180. The molecular formula is C14H26O4. The van der Waals surface area contributed by atoms with E-state index < -0.39 is 10.8 Å². The summed E-state index contributed by atoms with van der Waals surface area (Å²) in [6, 6.07) is 0. The zero-order chi connectivity index (χ0) is 14.4.